The molecule has 0 spiro atoms. The summed E-state index contributed by atoms with van der Waals surface area (Å²) in [5.74, 6) is -0.426. The summed E-state index contributed by atoms with van der Waals surface area (Å²) in [6, 6.07) is 13.0. The van der Waals surface area contributed by atoms with Crippen molar-refractivity contribution < 1.29 is 13.9 Å². The lowest BCUT2D eigenvalue weighted by Gasteiger charge is -2.39. The van der Waals surface area contributed by atoms with E-state index < -0.39 is 17.8 Å². The third-order valence-corrected chi connectivity index (χ3v) is 9.01. The number of carbonyl (C=O) groups is 1. The van der Waals surface area contributed by atoms with E-state index in [2.05, 4.69) is 71.6 Å². The van der Waals surface area contributed by atoms with E-state index in [1.165, 1.54) is 21.6 Å². The monoisotopic (exact) mass is 568 g/mol. The fraction of sp³-hybridized carbons (Fsp3) is 0.455. The quantitative estimate of drug-likeness (QED) is 0.298. The number of halogens is 1. The van der Waals surface area contributed by atoms with Gasteiger partial charge >= 0.3 is 6.01 Å². The summed E-state index contributed by atoms with van der Waals surface area (Å²) in [6.07, 6.45) is 4.40. The first kappa shape index (κ1) is 28.1. The lowest BCUT2D eigenvalue weighted by atomic mass is 9.96. The molecule has 1 aromatic heterocycles. The third-order valence-electron chi connectivity index (χ3n) is 9.01. The summed E-state index contributed by atoms with van der Waals surface area (Å²) in [5, 5.41) is 0.876. The molecular weight excluding hydrogens is 531 g/mol. The molecule has 1 aliphatic carbocycles. The Balaban J connectivity index is 1.38. The molecule has 3 aliphatic rings. The van der Waals surface area contributed by atoms with Gasteiger partial charge < -0.3 is 24.3 Å². The molecule has 0 saturated carbocycles. The highest BCUT2D eigenvalue weighted by molar-refractivity contribution is 5.94. The van der Waals surface area contributed by atoms with E-state index in [4.69, 9.17) is 21.3 Å². The van der Waals surface area contributed by atoms with Crippen molar-refractivity contribution in [1.82, 2.24) is 19.8 Å². The van der Waals surface area contributed by atoms with Crippen LogP contribution in [0.2, 0.25) is 0 Å². The van der Waals surface area contributed by atoms with Gasteiger partial charge in [-0.1, -0.05) is 37.8 Å². The van der Waals surface area contributed by atoms with E-state index in [1.807, 2.05) is 0 Å². The Morgan fingerprint density at radius 3 is 2.79 bits per heavy atom. The van der Waals surface area contributed by atoms with Crippen molar-refractivity contribution in [3.05, 3.63) is 71.3 Å². The van der Waals surface area contributed by atoms with Gasteiger partial charge in [-0.15, -0.1) is 0 Å². The largest absolute Gasteiger partial charge is 0.462 e. The van der Waals surface area contributed by atoms with E-state index >= 15 is 0 Å². The van der Waals surface area contributed by atoms with Crippen molar-refractivity contribution in [3.63, 3.8) is 0 Å². The van der Waals surface area contributed by atoms with Crippen LogP contribution >= 0.6 is 0 Å². The lowest BCUT2D eigenvalue weighted by molar-refractivity contribution is -0.131. The number of anilines is 1. The van der Waals surface area contributed by atoms with Crippen LogP contribution in [0.5, 0.6) is 6.01 Å². The fourth-order valence-electron chi connectivity index (χ4n) is 6.79. The SMILES string of the molecule is [C-]#[N+]C[C@H]1CN(c2nc(OC[C@@H]3CCCN3C)nc3cc(-c4cccc5c4CC(C)C5)ccc23)CCN1C(=O)C(=C)F. The Kier molecular flexibility index (Phi) is 7.82. The number of carbonyl (C=O) groups excluding carboxylic acids is 1. The molecule has 2 saturated heterocycles. The van der Waals surface area contributed by atoms with Crippen LogP contribution in [0.4, 0.5) is 10.2 Å². The summed E-state index contributed by atoms with van der Waals surface area (Å²) in [6.45, 7) is 15.6. The molecule has 218 valence electrons. The van der Waals surface area contributed by atoms with Crippen molar-refractivity contribution in [1.29, 1.82) is 0 Å². The third kappa shape index (κ3) is 5.43. The smallest absolute Gasteiger partial charge is 0.319 e. The number of amides is 1. The number of piperazine rings is 1. The zero-order valence-corrected chi connectivity index (χ0v) is 24.4. The van der Waals surface area contributed by atoms with E-state index in [0.717, 1.165) is 48.7 Å². The predicted molar refractivity (Wildman–Crippen MR) is 162 cm³/mol. The van der Waals surface area contributed by atoms with Crippen LogP contribution in [-0.2, 0) is 17.6 Å². The second-order valence-electron chi connectivity index (χ2n) is 12.0. The Hall–Kier alpha value is -4.03. The van der Waals surface area contributed by atoms with Crippen LogP contribution in [0.1, 0.15) is 30.9 Å². The molecule has 3 aromatic rings. The first-order valence-corrected chi connectivity index (χ1v) is 14.8. The maximum absolute atomic E-state index is 13.8. The van der Waals surface area contributed by atoms with E-state index in [-0.39, 0.29) is 13.1 Å². The molecule has 2 fully saturated rings. The molecule has 0 radical (unpaired) electrons. The molecule has 2 aliphatic heterocycles. The van der Waals surface area contributed by atoms with Gasteiger partial charge in [0, 0.05) is 31.1 Å². The van der Waals surface area contributed by atoms with E-state index in [0.29, 0.717) is 43.5 Å². The maximum atomic E-state index is 13.8. The maximum Gasteiger partial charge on any atom is 0.319 e. The molecule has 42 heavy (non-hydrogen) atoms. The average molecular weight is 569 g/mol. The van der Waals surface area contributed by atoms with Gasteiger partial charge in [-0.2, -0.15) is 9.97 Å². The van der Waals surface area contributed by atoms with Crippen LogP contribution in [0, 0.1) is 12.5 Å². The van der Waals surface area contributed by atoms with Crippen molar-refractivity contribution >= 4 is 22.6 Å². The number of hydrogen-bond acceptors (Lipinski definition) is 6. The zero-order chi connectivity index (χ0) is 29.4. The summed E-state index contributed by atoms with van der Waals surface area (Å²) in [7, 11) is 2.11. The molecule has 2 aromatic carbocycles. The predicted octanol–water partition coefficient (Wildman–Crippen LogP) is 4.92. The Bertz CT molecular complexity index is 1570. The van der Waals surface area contributed by atoms with Gasteiger partial charge in [0.2, 0.25) is 6.54 Å². The molecule has 1 unspecified atom stereocenters. The summed E-state index contributed by atoms with van der Waals surface area (Å²) in [4.78, 5) is 31.6. The van der Waals surface area contributed by atoms with Gasteiger partial charge in [0.1, 0.15) is 18.5 Å². The highest BCUT2D eigenvalue weighted by Gasteiger charge is 2.35. The van der Waals surface area contributed by atoms with E-state index in [1.54, 1.807) is 0 Å². The van der Waals surface area contributed by atoms with Gasteiger partial charge in [0.25, 0.3) is 5.91 Å². The van der Waals surface area contributed by atoms with Crippen LogP contribution in [-0.4, -0.2) is 84.1 Å². The Morgan fingerprint density at radius 2 is 2.02 bits per heavy atom. The number of nitrogens with zero attached hydrogens (tertiary/aromatic N) is 6. The van der Waals surface area contributed by atoms with Crippen molar-refractivity contribution in [3.8, 4) is 17.1 Å². The number of likely N-dealkylation sites (N-methyl/N-ethyl adjacent to an activating group) is 1. The standard InChI is InChI=1S/C33H37FN6O2/c1-21-15-23-7-5-9-27(29(23)16-21)24-10-11-28-30(17-24)36-33(42-20-25-8-6-12-38(25)4)37-31(28)39-13-14-40(32(41)22(2)34)26(19-39)18-35-3/h5,7,9-11,17,21,25-26H,2,6,8,12-16,18-20H2,1,4H3/t21?,25-,26-/m0/s1. The molecule has 0 N–H and O–H groups in total. The van der Waals surface area contributed by atoms with Crippen LogP contribution in [0.3, 0.4) is 0 Å². The second-order valence-corrected chi connectivity index (χ2v) is 12.0. The topological polar surface area (TPSA) is 66.2 Å². The number of hydrogen-bond donors (Lipinski definition) is 0. The number of likely N-dealkylation sites (tertiary alicyclic amines) is 1. The zero-order valence-electron chi connectivity index (χ0n) is 24.4. The fourth-order valence-corrected chi connectivity index (χ4v) is 6.79. The first-order chi connectivity index (χ1) is 20.3. The van der Waals surface area contributed by atoms with Crippen molar-refractivity contribution in [2.75, 3.05) is 51.3 Å². The summed E-state index contributed by atoms with van der Waals surface area (Å²) in [5.41, 5.74) is 5.97. The molecule has 3 heterocycles. The van der Waals surface area contributed by atoms with Gasteiger partial charge in [0.05, 0.1) is 5.52 Å². The van der Waals surface area contributed by atoms with Crippen LogP contribution in [0.25, 0.3) is 26.9 Å². The van der Waals surface area contributed by atoms with Crippen molar-refractivity contribution in [2.45, 2.75) is 44.7 Å². The number of benzene rings is 2. The first-order valence-electron chi connectivity index (χ1n) is 14.8. The van der Waals surface area contributed by atoms with E-state index in [9.17, 15) is 9.18 Å². The normalized spacial score (nSPS) is 22.3. The molecular formula is C33H37FN6O2. The lowest BCUT2D eigenvalue weighted by Crippen LogP contribution is -2.56. The molecule has 1 amide bonds. The minimum Gasteiger partial charge on any atom is -0.462 e. The van der Waals surface area contributed by atoms with Gasteiger partial charge in [-0.05, 0) is 79.6 Å². The van der Waals surface area contributed by atoms with Gasteiger partial charge in [-0.3, -0.25) is 4.79 Å². The minimum absolute atomic E-state index is 0.0671. The second kappa shape index (κ2) is 11.7. The molecule has 8 nitrogen and oxygen atoms in total. The highest BCUT2D eigenvalue weighted by atomic mass is 19.1. The Labute approximate surface area is 246 Å². The summed E-state index contributed by atoms with van der Waals surface area (Å²) < 4.78 is 20.0. The molecule has 0 bridgehead atoms. The average Bonchev–Trinajstić information content (AvgIpc) is 3.58. The molecule has 3 atom stereocenters. The minimum atomic E-state index is -1.01. The van der Waals surface area contributed by atoms with Crippen LogP contribution in [0.15, 0.2) is 48.8 Å². The number of fused-ring (bicyclic) bond motifs is 2. The number of rotatable bonds is 7. The summed E-state index contributed by atoms with van der Waals surface area (Å²) >= 11 is 0. The van der Waals surface area contributed by atoms with Gasteiger partial charge in [-0.25, -0.2) is 11.0 Å². The highest BCUT2D eigenvalue weighted by Crippen LogP contribution is 2.37. The molecule has 6 rings (SSSR count). The Morgan fingerprint density at radius 1 is 1.17 bits per heavy atom. The van der Waals surface area contributed by atoms with Crippen molar-refractivity contribution in [2.24, 2.45) is 5.92 Å². The van der Waals surface area contributed by atoms with Gasteiger partial charge in [0.15, 0.2) is 5.83 Å². The van der Waals surface area contributed by atoms with Crippen LogP contribution < -0.4 is 9.64 Å². The number of ether oxygens (including phenoxy) is 1. The number of aromatic nitrogens is 2. The molecule has 9 heteroatoms.